The lowest BCUT2D eigenvalue weighted by atomic mass is 9.98. The Labute approximate surface area is 182 Å². The molecule has 1 aliphatic rings. The summed E-state index contributed by atoms with van der Waals surface area (Å²) in [6.07, 6.45) is -5.03. The normalized spacial score (nSPS) is 25.0. The molecule has 0 aliphatic carbocycles. The second-order valence-corrected chi connectivity index (χ2v) is 6.73. The van der Waals surface area contributed by atoms with Gasteiger partial charge in [-0.1, -0.05) is 0 Å². The standard InChI is InChI=1S/C18H25N3O11/c1-9(23)27-7-14-15(29-10(2)24)16(30-11(3)25)17(31-12(4)26)18(32-14)28-6-13-5-19-21(8-22)20-13/h5,14-18,22H,6-8H2,1-4H3/t14-,15-,16+,17-,18-/m1/s1. The van der Waals surface area contributed by atoms with E-state index in [1.54, 1.807) is 0 Å². The van der Waals surface area contributed by atoms with E-state index < -0.39 is 61.3 Å². The fourth-order valence-electron chi connectivity index (χ4n) is 2.96. The molecule has 2 heterocycles. The molecule has 5 atom stereocenters. The molecule has 1 aromatic rings. The van der Waals surface area contributed by atoms with Gasteiger partial charge in [0, 0.05) is 27.7 Å². The van der Waals surface area contributed by atoms with Gasteiger partial charge in [-0.15, -0.1) is 0 Å². The Balaban J connectivity index is 2.33. The molecular formula is C18H25N3O11. The number of carbonyl (C=O) groups excluding carboxylic acids is 4. The van der Waals surface area contributed by atoms with Crippen LogP contribution in [0, 0.1) is 0 Å². The highest BCUT2D eigenvalue weighted by Crippen LogP contribution is 2.30. The third kappa shape index (κ3) is 7.25. The van der Waals surface area contributed by atoms with Crippen LogP contribution in [-0.2, 0) is 60.9 Å². The van der Waals surface area contributed by atoms with Gasteiger partial charge in [-0.05, 0) is 0 Å². The van der Waals surface area contributed by atoms with Crippen LogP contribution < -0.4 is 0 Å². The van der Waals surface area contributed by atoms with Crippen LogP contribution in [0.5, 0.6) is 0 Å². The number of nitrogens with zero attached hydrogens (tertiary/aromatic N) is 3. The lowest BCUT2D eigenvalue weighted by Gasteiger charge is -2.43. The first-order chi connectivity index (χ1) is 15.1. The lowest BCUT2D eigenvalue weighted by Crippen LogP contribution is -2.62. The van der Waals surface area contributed by atoms with Gasteiger partial charge in [-0.25, -0.2) is 0 Å². The van der Waals surface area contributed by atoms with Gasteiger partial charge in [0.25, 0.3) is 0 Å². The fraction of sp³-hybridized carbons (Fsp3) is 0.667. The summed E-state index contributed by atoms with van der Waals surface area (Å²) in [6.45, 7) is 3.55. The van der Waals surface area contributed by atoms with Crippen LogP contribution in [0.3, 0.4) is 0 Å². The molecule has 0 unspecified atom stereocenters. The summed E-state index contributed by atoms with van der Waals surface area (Å²) in [6, 6.07) is 0. The molecular weight excluding hydrogens is 434 g/mol. The van der Waals surface area contributed by atoms with E-state index in [1.807, 2.05) is 0 Å². The van der Waals surface area contributed by atoms with E-state index in [4.69, 9.17) is 33.5 Å². The molecule has 178 valence electrons. The van der Waals surface area contributed by atoms with Crippen LogP contribution >= 0.6 is 0 Å². The maximum absolute atomic E-state index is 11.8. The van der Waals surface area contributed by atoms with Crippen molar-refractivity contribution in [1.82, 2.24) is 15.0 Å². The average Bonchev–Trinajstić information content (AvgIpc) is 3.15. The number of rotatable bonds is 9. The second-order valence-electron chi connectivity index (χ2n) is 6.73. The zero-order valence-electron chi connectivity index (χ0n) is 18.0. The number of hydrogen-bond donors (Lipinski definition) is 1. The van der Waals surface area contributed by atoms with Gasteiger partial charge in [-0.3, -0.25) is 19.2 Å². The molecule has 1 aromatic heterocycles. The van der Waals surface area contributed by atoms with Crippen molar-refractivity contribution in [2.45, 2.75) is 71.7 Å². The topological polar surface area (TPSA) is 175 Å². The van der Waals surface area contributed by atoms with Crippen molar-refractivity contribution >= 4 is 23.9 Å². The number of esters is 4. The molecule has 1 aliphatic heterocycles. The van der Waals surface area contributed by atoms with Crippen molar-refractivity contribution in [2.75, 3.05) is 6.61 Å². The molecule has 2 rings (SSSR count). The number of aliphatic hydroxyl groups is 1. The summed E-state index contributed by atoms with van der Waals surface area (Å²) in [4.78, 5) is 47.5. The van der Waals surface area contributed by atoms with Crippen LogP contribution in [-0.4, -0.2) is 81.3 Å². The Morgan fingerprint density at radius 1 is 0.969 bits per heavy atom. The van der Waals surface area contributed by atoms with Gasteiger partial charge in [-0.2, -0.15) is 15.0 Å². The minimum absolute atomic E-state index is 0.187. The predicted octanol–water partition coefficient (Wildman–Crippen LogP) is -1.17. The van der Waals surface area contributed by atoms with Crippen molar-refractivity contribution in [2.24, 2.45) is 0 Å². The smallest absolute Gasteiger partial charge is 0.303 e. The molecule has 1 saturated heterocycles. The molecule has 14 heteroatoms. The summed E-state index contributed by atoms with van der Waals surface area (Å²) >= 11 is 0. The van der Waals surface area contributed by atoms with E-state index in [0.29, 0.717) is 5.69 Å². The van der Waals surface area contributed by atoms with E-state index >= 15 is 0 Å². The zero-order chi connectivity index (χ0) is 23.8. The van der Waals surface area contributed by atoms with Gasteiger partial charge >= 0.3 is 23.9 Å². The van der Waals surface area contributed by atoms with E-state index in [2.05, 4.69) is 10.2 Å². The van der Waals surface area contributed by atoms with Crippen molar-refractivity contribution in [1.29, 1.82) is 0 Å². The van der Waals surface area contributed by atoms with Crippen LogP contribution in [0.1, 0.15) is 33.4 Å². The molecule has 1 fully saturated rings. The van der Waals surface area contributed by atoms with Crippen molar-refractivity contribution in [3.63, 3.8) is 0 Å². The number of ether oxygens (including phenoxy) is 6. The maximum atomic E-state index is 11.8. The van der Waals surface area contributed by atoms with Crippen LogP contribution in [0.15, 0.2) is 6.20 Å². The van der Waals surface area contributed by atoms with Crippen molar-refractivity contribution < 1.29 is 52.7 Å². The Bertz CT molecular complexity index is 827. The molecule has 0 bridgehead atoms. The third-order valence-electron chi connectivity index (χ3n) is 4.05. The Morgan fingerprint density at radius 2 is 1.56 bits per heavy atom. The quantitative estimate of drug-likeness (QED) is 0.346. The first-order valence-corrected chi connectivity index (χ1v) is 9.52. The summed E-state index contributed by atoms with van der Waals surface area (Å²) in [5.41, 5.74) is 0.312. The third-order valence-corrected chi connectivity index (χ3v) is 4.05. The van der Waals surface area contributed by atoms with Crippen molar-refractivity contribution in [3.05, 3.63) is 11.9 Å². The molecule has 0 aromatic carbocycles. The zero-order valence-corrected chi connectivity index (χ0v) is 18.0. The SMILES string of the molecule is CC(=O)OC[C@H]1O[C@@H](OCc2cnn(CO)n2)[C@H](OC(C)=O)[C@@H](OC(C)=O)[C@@H]1OC(C)=O. The van der Waals surface area contributed by atoms with Gasteiger partial charge < -0.3 is 33.5 Å². The minimum Gasteiger partial charge on any atom is -0.463 e. The highest BCUT2D eigenvalue weighted by atomic mass is 16.7. The molecule has 0 amide bonds. The Hall–Kier alpha value is -3.10. The number of hydrogen-bond acceptors (Lipinski definition) is 13. The summed E-state index contributed by atoms with van der Waals surface area (Å²) < 4.78 is 32.3. The number of aromatic nitrogens is 3. The van der Waals surface area contributed by atoms with Gasteiger partial charge in [0.1, 0.15) is 18.4 Å². The van der Waals surface area contributed by atoms with Crippen LogP contribution in [0.2, 0.25) is 0 Å². The molecule has 14 nitrogen and oxygen atoms in total. The first kappa shape index (κ1) is 25.2. The fourth-order valence-corrected chi connectivity index (χ4v) is 2.96. The number of carbonyl (C=O) groups is 4. The Kier molecular flexibility index (Phi) is 9.04. The first-order valence-electron chi connectivity index (χ1n) is 9.52. The van der Waals surface area contributed by atoms with Crippen molar-refractivity contribution in [3.8, 4) is 0 Å². The largest absolute Gasteiger partial charge is 0.463 e. The summed E-state index contributed by atoms with van der Waals surface area (Å²) in [5, 5.41) is 16.8. The summed E-state index contributed by atoms with van der Waals surface area (Å²) in [5.74, 6) is -2.85. The summed E-state index contributed by atoms with van der Waals surface area (Å²) in [7, 11) is 0. The van der Waals surface area contributed by atoms with E-state index in [0.717, 1.165) is 25.6 Å². The highest BCUT2D eigenvalue weighted by molar-refractivity contribution is 5.68. The molecule has 0 saturated carbocycles. The molecule has 1 N–H and O–H groups in total. The highest BCUT2D eigenvalue weighted by Gasteiger charge is 2.52. The van der Waals surface area contributed by atoms with Crippen LogP contribution in [0.25, 0.3) is 0 Å². The predicted molar refractivity (Wildman–Crippen MR) is 99.0 cm³/mol. The minimum atomic E-state index is -1.33. The van der Waals surface area contributed by atoms with E-state index in [1.165, 1.54) is 13.1 Å². The molecule has 32 heavy (non-hydrogen) atoms. The second kappa shape index (κ2) is 11.5. The van der Waals surface area contributed by atoms with Crippen LogP contribution in [0.4, 0.5) is 0 Å². The molecule has 0 spiro atoms. The molecule has 0 radical (unpaired) electrons. The average molecular weight is 459 g/mol. The van der Waals surface area contributed by atoms with E-state index in [-0.39, 0.29) is 13.2 Å². The van der Waals surface area contributed by atoms with Gasteiger partial charge in [0.05, 0.1) is 12.8 Å². The van der Waals surface area contributed by atoms with E-state index in [9.17, 15) is 19.2 Å². The lowest BCUT2D eigenvalue weighted by molar-refractivity contribution is -0.310. The number of aliphatic hydroxyl groups excluding tert-OH is 1. The Morgan fingerprint density at radius 3 is 2.09 bits per heavy atom. The maximum Gasteiger partial charge on any atom is 0.303 e. The van der Waals surface area contributed by atoms with Gasteiger partial charge in [0.15, 0.2) is 31.3 Å². The monoisotopic (exact) mass is 459 g/mol. The van der Waals surface area contributed by atoms with Gasteiger partial charge in [0.2, 0.25) is 0 Å².